The number of rotatable bonds is 1. The van der Waals surface area contributed by atoms with Crippen molar-refractivity contribution < 1.29 is 0 Å². The van der Waals surface area contributed by atoms with Crippen LogP contribution in [0.4, 0.5) is 0 Å². The zero-order valence-corrected chi connectivity index (χ0v) is 9.82. The Morgan fingerprint density at radius 2 is 1.92 bits per heavy atom. The molecular weight excluding hydrogens is 224 g/mol. The first-order chi connectivity index (χ1) is 6.20. The van der Waals surface area contributed by atoms with E-state index in [1.54, 1.807) is 11.1 Å². The van der Waals surface area contributed by atoms with Gasteiger partial charge in [-0.25, -0.2) is 0 Å². The van der Waals surface area contributed by atoms with Crippen LogP contribution in [0, 0.1) is 5.92 Å². The highest BCUT2D eigenvalue weighted by molar-refractivity contribution is 9.10. The third kappa shape index (κ3) is 1.67. The summed E-state index contributed by atoms with van der Waals surface area (Å²) in [5.74, 6) is 0.842. The monoisotopic (exact) mass is 238 g/mol. The summed E-state index contributed by atoms with van der Waals surface area (Å²) in [5, 5.41) is 0. The van der Waals surface area contributed by atoms with Crippen molar-refractivity contribution in [3.05, 3.63) is 33.3 Å². The Hall–Kier alpha value is -0.300. The summed E-state index contributed by atoms with van der Waals surface area (Å²) in [6.45, 7) is 4.55. The van der Waals surface area contributed by atoms with Crippen LogP contribution in [0.5, 0.6) is 0 Å². The molecule has 0 aromatic heterocycles. The van der Waals surface area contributed by atoms with Crippen LogP contribution in [0.2, 0.25) is 0 Å². The second kappa shape index (κ2) is 3.45. The molecule has 13 heavy (non-hydrogen) atoms. The molecule has 0 fully saturated rings. The molecule has 0 bridgehead atoms. The van der Waals surface area contributed by atoms with Gasteiger partial charge in [0.05, 0.1) is 0 Å². The topological polar surface area (TPSA) is 0 Å². The van der Waals surface area contributed by atoms with Crippen molar-refractivity contribution in [2.24, 2.45) is 5.92 Å². The van der Waals surface area contributed by atoms with Gasteiger partial charge in [0.2, 0.25) is 0 Å². The van der Waals surface area contributed by atoms with E-state index >= 15 is 0 Å². The van der Waals surface area contributed by atoms with Crippen LogP contribution in [0.3, 0.4) is 0 Å². The standard InChI is InChI=1S/C12H15Br/c1-3-9-6-10-4-8(2)5-11(10)7-12(9)13/h6-8H,3-5H2,1-2H3. The molecule has 0 amide bonds. The Bertz CT molecular complexity index is 328. The molecule has 0 spiro atoms. The summed E-state index contributed by atoms with van der Waals surface area (Å²) in [4.78, 5) is 0. The Morgan fingerprint density at radius 3 is 2.54 bits per heavy atom. The molecule has 1 atom stereocenters. The van der Waals surface area contributed by atoms with Crippen LogP contribution in [-0.2, 0) is 19.3 Å². The van der Waals surface area contributed by atoms with Gasteiger partial charge in [-0.3, -0.25) is 0 Å². The first-order valence-electron chi connectivity index (χ1n) is 5.01. The fourth-order valence-electron chi connectivity index (χ4n) is 2.18. The van der Waals surface area contributed by atoms with Crippen LogP contribution in [0.25, 0.3) is 0 Å². The molecule has 0 aliphatic heterocycles. The SMILES string of the molecule is CCc1cc2c(cc1Br)CC(C)C2. The van der Waals surface area contributed by atoms with E-state index in [2.05, 4.69) is 41.9 Å². The third-order valence-corrected chi connectivity index (χ3v) is 3.62. The molecule has 1 aliphatic carbocycles. The zero-order valence-electron chi connectivity index (χ0n) is 8.23. The maximum Gasteiger partial charge on any atom is 0.0210 e. The third-order valence-electron chi connectivity index (χ3n) is 2.89. The minimum atomic E-state index is 0.842. The number of aryl methyl sites for hydroxylation is 1. The van der Waals surface area contributed by atoms with Gasteiger partial charge in [-0.15, -0.1) is 0 Å². The van der Waals surface area contributed by atoms with Crippen LogP contribution in [0.15, 0.2) is 16.6 Å². The van der Waals surface area contributed by atoms with Crippen molar-refractivity contribution in [1.29, 1.82) is 0 Å². The second-order valence-corrected chi connectivity index (χ2v) is 4.93. The average Bonchev–Trinajstić information content (AvgIpc) is 2.42. The minimum absolute atomic E-state index is 0.842. The summed E-state index contributed by atoms with van der Waals surface area (Å²) >= 11 is 3.63. The highest BCUT2D eigenvalue weighted by atomic mass is 79.9. The van der Waals surface area contributed by atoms with Crippen LogP contribution >= 0.6 is 15.9 Å². The molecule has 0 radical (unpaired) electrons. The maximum atomic E-state index is 3.63. The fraction of sp³-hybridized carbons (Fsp3) is 0.500. The van der Waals surface area contributed by atoms with Gasteiger partial charge in [0, 0.05) is 4.47 Å². The van der Waals surface area contributed by atoms with Crippen LogP contribution < -0.4 is 0 Å². The molecule has 1 unspecified atom stereocenters. The van der Waals surface area contributed by atoms with Gasteiger partial charge in [-0.1, -0.05) is 35.8 Å². The molecule has 0 N–H and O–H groups in total. The Kier molecular flexibility index (Phi) is 2.46. The van der Waals surface area contributed by atoms with E-state index in [0.717, 1.165) is 12.3 Å². The molecule has 1 heteroatoms. The number of hydrogen-bond donors (Lipinski definition) is 0. The van der Waals surface area contributed by atoms with E-state index in [-0.39, 0.29) is 0 Å². The molecule has 1 aromatic rings. The Labute approximate surface area is 88.5 Å². The lowest BCUT2D eigenvalue weighted by molar-refractivity contribution is 0.627. The van der Waals surface area contributed by atoms with Crippen molar-refractivity contribution in [3.8, 4) is 0 Å². The number of fused-ring (bicyclic) bond motifs is 1. The van der Waals surface area contributed by atoms with Crippen LogP contribution in [0.1, 0.15) is 30.5 Å². The van der Waals surface area contributed by atoms with E-state index in [9.17, 15) is 0 Å². The number of halogens is 1. The van der Waals surface area contributed by atoms with E-state index in [1.165, 1.54) is 22.9 Å². The fourth-order valence-corrected chi connectivity index (χ4v) is 2.86. The summed E-state index contributed by atoms with van der Waals surface area (Å²) < 4.78 is 1.29. The van der Waals surface area contributed by atoms with Gasteiger partial charge in [-0.05, 0) is 47.9 Å². The summed E-state index contributed by atoms with van der Waals surface area (Å²) in [7, 11) is 0. The van der Waals surface area contributed by atoms with E-state index in [4.69, 9.17) is 0 Å². The van der Waals surface area contributed by atoms with Crippen molar-refractivity contribution >= 4 is 15.9 Å². The van der Waals surface area contributed by atoms with Gasteiger partial charge >= 0.3 is 0 Å². The number of hydrogen-bond acceptors (Lipinski definition) is 0. The van der Waals surface area contributed by atoms with E-state index in [0.29, 0.717) is 0 Å². The van der Waals surface area contributed by atoms with Gasteiger partial charge < -0.3 is 0 Å². The molecule has 2 rings (SSSR count). The van der Waals surface area contributed by atoms with Crippen molar-refractivity contribution in [2.75, 3.05) is 0 Å². The molecule has 0 saturated carbocycles. The lowest BCUT2D eigenvalue weighted by Gasteiger charge is -2.05. The van der Waals surface area contributed by atoms with Gasteiger partial charge in [-0.2, -0.15) is 0 Å². The average molecular weight is 239 g/mol. The lowest BCUT2D eigenvalue weighted by atomic mass is 10.1. The zero-order chi connectivity index (χ0) is 9.42. The molecule has 1 aromatic carbocycles. The van der Waals surface area contributed by atoms with Crippen molar-refractivity contribution in [1.82, 2.24) is 0 Å². The molecule has 0 saturated heterocycles. The van der Waals surface area contributed by atoms with Gasteiger partial charge in [0.15, 0.2) is 0 Å². The second-order valence-electron chi connectivity index (χ2n) is 4.08. The predicted octanol–water partition coefficient (Wildman–Crippen LogP) is 3.75. The first kappa shape index (κ1) is 9.26. The van der Waals surface area contributed by atoms with E-state index < -0.39 is 0 Å². The van der Waals surface area contributed by atoms with E-state index in [1.807, 2.05) is 0 Å². The molecule has 1 aliphatic rings. The summed E-state index contributed by atoms with van der Waals surface area (Å²) in [6.07, 6.45) is 3.66. The molecule has 0 heterocycles. The predicted molar refractivity (Wildman–Crippen MR) is 60.1 cm³/mol. The highest BCUT2D eigenvalue weighted by Gasteiger charge is 2.18. The Balaban J connectivity index is 2.44. The summed E-state index contributed by atoms with van der Waals surface area (Å²) in [5.41, 5.74) is 4.58. The quantitative estimate of drug-likeness (QED) is 0.700. The Morgan fingerprint density at radius 1 is 1.31 bits per heavy atom. The highest BCUT2D eigenvalue weighted by Crippen LogP contribution is 2.31. The molecular formula is C12H15Br. The summed E-state index contributed by atoms with van der Waals surface area (Å²) in [6, 6.07) is 4.70. The maximum absolute atomic E-state index is 3.63. The van der Waals surface area contributed by atoms with Crippen molar-refractivity contribution in [3.63, 3.8) is 0 Å². The molecule has 70 valence electrons. The first-order valence-corrected chi connectivity index (χ1v) is 5.80. The molecule has 0 nitrogen and oxygen atoms in total. The van der Waals surface area contributed by atoms with Crippen molar-refractivity contribution in [2.45, 2.75) is 33.1 Å². The van der Waals surface area contributed by atoms with Gasteiger partial charge in [0.1, 0.15) is 0 Å². The van der Waals surface area contributed by atoms with Gasteiger partial charge in [0.25, 0.3) is 0 Å². The normalized spacial score (nSPS) is 20.4. The minimum Gasteiger partial charge on any atom is -0.0619 e. The largest absolute Gasteiger partial charge is 0.0619 e. The lowest BCUT2D eigenvalue weighted by Crippen LogP contribution is -1.89. The smallest absolute Gasteiger partial charge is 0.0210 e. The van der Waals surface area contributed by atoms with Crippen LogP contribution in [-0.4, -0.2) is 0 Å². The number of benzene rings is 1.